The molecule has 6 heteroatoms. The van der Waals surface area contributed by atoms with Crippen LogP contribution in [-0.2, 0) is 7.05 Å². The van der Waals surface area contributed by atoms with Crippen LogP contribution in [0.3, 0.4) is 0 Å². The number of hydrogen-bond donors (Lipinski definition) is 1. The molecular weight excluding hydrogens is 257 g/mol. The summed E-state index contributed by atoms with van der Waals surface area (Å²) in [7, 11) is 1.44. The van der Waals surface area contributed by atoms with Crippen LogP contribution >= 0.6 is 11.6 Å². The zero-order valence-electron chi connectivity index (χ0n) is 9.87. The van der Waals surface area contributed by atoms with Gasteiger partial charge in [0.15, 0.2) is 0 Å². The van der Waals surface area contributed by atoms with Crippen molar-refractivity contribution in [3.8, 4) is 0 Å². The average molecular weight is 268 g/mol. The summed E-state index contributed by atoms with van der Waals surface area (Å²) in [5.41, 5.74) is 0.698. The second-order valence-corrected chi connectivity index (χ2v) is 4.22. The van der Waals surface area contributed by atoms with E-state index in [1.165, 1.54) is 7.05 Å². The molecule has 0 aliphatic heterocycles. The van der Waals surface area contributed by atoms with Gasteiger partial charge in [-0.05, 0) is 19.1 Å². The number of para-hydroxylation sites is 1. The Morgan fingerprint density at radius 1 is 1.44 bits per heavy atom. The van der Waals surface area contributed by atoms with Crippen molar-refractivity contribution in [3.63, 3.8) is 0 Å². The summed E-state index contributed by atoms with van der Waals surface area (Å²) in [5.74, 6) is -1.23. The van der Waals surface area contributed by atoms with Crippen molar-refractivity contribution in [3.05, 3.63) is 46.5 Å². The van der Waals surface area contributed by atoms with Gasteiger partial charge in [0.25, 0.3) is 5.91 Å². The summed E-state index contributed by atoms with van der Waals surface area (Å²) in [6.07, 6.45) is 0. The molecule has 0 aliphatic carbocycles. The monoisotopic (exact) mass is 267 g/mol. The Bertz CT molecular complexity index is 609. The Hall–Kier alpha value is -1.88. The number of anilines is 1. The van der Waals surface area contributed by atoms with Crippen LogP contribution in [-0.4, -0.2) is 15.7 Å². The molecule has 0 saturated heterocycles. The van der Waals surface area contributed by atoms with E-state index in [9.17, 15) is 9.18 Å². The van der Waals surface area contributed by atoms with Gasteiger partial charge in [-0.15, -0.1) is 0 Å². The topological polar surface area (TPSA) is 46.9 Å². The van der Waals surface area contributed by atoms with Crippen molar-refractivity contribution in [2.75, 3.05) is 5.32 Å². The molecule has 4 nitrogen and oxygen atoms in total. The Morgan fingerprint density at radius 3 is 2.67 bits per heavy atom. The summed E-state index contributed by atoms with van der Waals surface area (Å²) in [5, 5.41) is 6.80. The lowest BCUT2D eigenvalue weighted by molar-refractivity contribution is 0.102. The van der Waals surface area contributed by atoms with E-state index in [0.29, 0.717) is 16.4 Å². The smallest absolute Gasteiger partial charge is 0.262 e. The van der Waals surface area contributed by atoms with Crippen LogP contribution in [0.5, 0.6) is 0 Å². The third-order valence-corrected chi connectivity index (χ3v) is 2.83. The molecule has 0 bridgehead atoms. The summed E-state index contributed by atoms with van der Waals surface area (Å²) in [6.45, 7) is 1.57. The van der Waals surface area contributed by atoms with E-state index in [1.807, 2.05) is 0 Å². The number of nitrogens with one attached hydrogen (secondary N) is 1. The van der Waals surface area contributed by atoms with E-state index in [0.717, 1.165) is 4.68 Å². The highest BCUT2D eigenvalue weighted by atomic mass is 35.5. The molecule has 0 unspecified atom stereocenters. The average Bonchev–Trinajstić information content (AvgIpc) is 2.56. The predicted molar refractivity (Wildman–Crippen MR) is 67.3 cm³/mol. The lowest BCUT2D eigenvalue weighted by Gasteiger charge is -2.06. The number of nitrogens with zero attached hydrogens (tertiary/aromatic N) is 2. The zero-order valence-corrected chi connectivity index (χ0v) is 10.6. The molecular formula is C12H11ClFN3O. The molecule has 0 fully saturated rings. The minimum Gasteiger partial charge on any atom is -0.320 e. The van der Waals surface area contributed by atoms with Crippen LogP contribution < -0.4 is 5.32 Å². The third kappa shape index (κ3) is 2.22. The first-order valence-electron chi connectivity index (χ1n) is 5.25. The summed E-state index contributed by atoms with van der Waals surface area (Å²) in [4.78, 5) is 12.0. The van der Waals surface area contributed by atoms with Crippen LogP contribution in [0.4, 0.5) is 10.1 Å². The maximum absolute atomic E-state index is 13.7. The Kier molecular flexibility index (Phi) is 3.34. The number of hydrogen-bond acceptors (Lipinski definition) is 2. The Labute approximate surface area is 108 Å². The first-order valence-corrected chi connectivity index (χ1v) is 5.63. The first kappa shape index (κ1) is 12.6. The van der Waals surface area contributed by atoms with Crippen molar-refractivity contribution in [2.24, 2.45) is 7.05 Å². The van der Waals surface area contributed by atoms with Gasteiger partial charge in [-0.1, -0.05) is 23.7 Å². The minimum absolute atomic E-state index is 0.0718. The summed E-state index contributed by atoms with van der Waals surface area (Å²) in [6, 6.07) is 6.76. The van der Waals surface area contributed by atoms with Crippen LogP contribution in [0.25, 0.3) is 0 Å². The molecule has 0 atom stereocenters. The quantitative estimate of drug-likeness (QED) is 0.909. The number of amides is 1. The molecule has 2 aromatic rings. The molecule has 94 valence electrons. The first-order chi connectivity index (χ1) is 8.50. The number of carbonyl (C=O) groups is 1. The van der Waals surface area contributed by atoms with Crippen LogP contribution in [0.1, 0.15) is 16.1 Å². The van der Waals surface area contributed by atoms with Crippen LogP contribution in [0, 0.1) is 12.9 Å². The highest BCUT2D eigenvalue weighted by Crippen LogP contribution is 2.22. The fraction of sp³-hybridized carbons (Fsp3) is 0.167. The normalized spacial score (nSPS) is 10.4. The molecule has 1 amide bonds. The highest BCUT2D eigenvalue weighted by molar-refractivity contribution is 6.33. The lowest BCUT2D eigenvalue weighted by atomic mass is 10.2. The number of carbonyl (C=O) groups excluding carboxylic acids is 1. The summed E-state index contributed by atoms with van der Waals surface area (Å²) >= 11 is 5.91. The van der Waals surface area contributed by atoms with E-state index in [-0.39, 0.29) is 5.56 Å². The van der Waals surface area contributed by atoms with Gasteiger partial charge in [0, 0.05) is 7.05 Å². The zero-order chi connectivity index (χ0) is 13.3. The van der Waals surface area contributed by atoms with Gasteiger partial charge in [0.2, 0.25) is 5.95 Å². The van der Waals surface area contributed by atoms with Crippen LogP contribution in [0.2, 0.25) is 5.02 Å². The molecule has 0 spiro atoms. The fourth-order valence-electron chi connectivity index (χ4n) is 1.64. The molecule has 0 saturated carbocycles. The largest absolute Gasteiger partial charge is 0.320 e. The van der Waals surface area contributed by atoms with Gasteiger partial charge < -0.3 is 5.32 Å². The highest BCUT2D eigenvalue weighted by Gasteiger charge is 2.20. The van der Waals surface area contributed by atoms with Crippen LogP contribution in [0.15, 0.2) is 24.3 Å². The van der Waals surface area contributed by atoms with Gasteiger partial charge in [0.05, 0.1) is 16.4 Å². The van der Waals surface area contributed by atoms with Crippen molar-refractivity contribution >= 4 is 23.2 Å². The van der Waals surface area contributed by atoms with Crippen molar-refractivity contribution < 1.29 is 9.18 Å². The molecule has 1 aromatic heterocycles. The second kappa shape index (κ2) is 4.78. The van der Waals surface area contributed by atoms with Gasteiger partial charge in [-0.2, -0.15) is 9.49 Å². The number of halogens is 2. The van der Waals surface area contributed by atoms with Crippen molar-refractivity contribution in [1.29, 1.82) is 0 Å². The SMILES string of the molecule is Cc1nn(C)c(F)c1C(=O)Nc1ccccc1Cl. The molecule has 0 aliphatic rings. The molecule has 1 heterocycles. The maximum Gasteiger partial charge on any atom is 0.262 e. The number of rotatable bonds is 2. The predicted octanol–water partition coefficient (Wildman–Crippen LogP) is 2.77. The molecule has 1 aromatic carbocycles. The molecule has 1 N–H and O–H groups in total. The fourth-order valence-corrected chi connectivity index (χ4v) is 1.82. The molecule has 18 heavy (non-hydrogen) atoms. The Balaban J connectivity index is 2.31. The molecule has 2 rings (SSSR count). The van der Waals surface area contributed by atoms with Crippen molar-refractivity contribution in [2.45, 2.75) is 6.92 Å². The minimum atomic E-state index is -0.669. The lowest BCUT2D eigenvalue weighted by Crippen LogP contribution is -2.14. The van der Waals surface area contributed by atoms with Gasteiger partial charge in [-0.3, -0.25) is 4.79 Å². The van der Waals surface area contributed by atoms with Gasteiger partial charge >= 0.3 is 0 Å². The van der Waals surface area contributed by atoms with E-state index in [2.05, 4.69) is 10.4 Å². The van der Waals surface area contributed by atoms with E-state index in [1.54, 1.807) is 31.2 Å². The van der Waals surface area contributed by atoms with E-state index >= 15 is 0 Å². The third-order valence-electron chi connectivity index (χ3n) is 2.50. The number of benzene rings is 1. The number of aromatic nitrogens is 2. The van der Waals surface area contributed by atoms with Gasteiger partial charge in [0.1, 0.15) is 5.56 Å². The Morgan fingerprint density at radius 2 is 2.11 bits per heavy atom. The summed E-state index contributed by atoms with van der Waals surface area (Å²) < 4.78 is 14.7. The standard InChI is InChI=1S/C12H11ClFN3O/c1-7-10(11(14)17(2)16-7)12(18)15-9-6-4-3-5-8(9)13/h3-6H,1-2H3,(H,15,18). The second-order valence-electron chi connectivity index (χ2n) is 3.81. The van der Waals surface area contributed by atoms with E-state index in [4.69, 9.17) is 11.6 Å². The van der Waals surface area contributed by atoms with Gasteiger partial charge in [-0.25, -0.2) is 4.68 Å². The van der Waals surface area contributed by atoms with E-state index < -0.39 is 11.9 Å². The maximum atomic E-state index is 13.7. The van der Waals surface area contributed by atoms with Crippen molar-refractivity contribution in [1.82, 2.24) is 9.78 Å². The number of aryl methyl sites for hydroxylation is 2. The molecule has 0 radical (unpaired) electrons.